The van der Waals surface area contributed by atoms with Crippen LogP contribution >= 0.6 is 28.7 Å². The van der Waals surface area contributed by atoms with Crippen molar-refractivity contribution < 1.29 is 9.05 Å². The summed E-state index contributed by atoms with van der Waals surface area (Å²) in [6.45, 7) is 6.77. The Labute approximate surface area is 122 Å². The number of rotatable bonds is 7. The molecule has 0 saturated heterocycles. The van der Waals surface area contributed by atoms with Gasteiger partial charge in [0.2, 0.25) is 5.69 Å². The largest absolute Gasteiger partial charge is 0.322 e. The van der Waals surface area contributed by atoms with E-state index in [9.17, 15) is 0 Å². The van der Waals surface area contributed by atoms with Gasteiger partial charge in [-0.3, -0.25) is 0 Å². The maximum absolute atomic E-state index is 5.88. The minimum Gasteiger partial charge on any atom is -0.322 e. The maximum atomic E-state index is 5.88. The Kier molecular flexibility index (Phi) is 7.06. The van der Waals surface area contributed by atoms with Crippen molar-refractivity contribution in [2.24, 2.45) is 0 Å². The molecule has 0 atom stereocenters. The number of aromatic nitrogens is 2. The third-order valence-electron chi connectivity index (χ3n) is 1.80. The van der Waals surface area contributed by atoms with Crippen molar-refractivity contribution in [1.82, 2.24) is 9.97 Å². The summed E-state index contributed by atoms with van der Waals surface area (Å²) < 4.78 is 11.1. The highest BCUT2D eigenvalue weighted by Crippen LogP contribution is 2.61. The molecule has 1 heterocycles. The molecule has 0 N–H and O–H groups in total. The van der Waals surface area contributed by atoms with E-state index >= 15 is 0 Å². The van der Waals surface area contributed by atoms with Crippen LogP contribution in [0.3, 0.4) is 0 Å². The number of aryl methyl sites for hydroxylation is 1. The van der Waals surface area contributed by atoms with Crippen LogP contribution < -0.4 is 0 Å². The van der Waals surface area contributed by atoms with Gasteiger partial charge in [-0.15, -0.1) is 0 Å². The first kappa shape index (κ1) is 16.3. The molecule has 0 fully saturated rings. The minimum atomic E-state index is -2.29. The number of hydrogen-bond donors (Lipinski definition) is 0. The normalized spacial score (nSPS) is 11.8. The molecule has 0 aromatic carbocycles. The van der Waals surface area contributed by atoms with Crippen LogP contribution in [0, 0.1) is 6.92 Å². The van der Waals surface area contributed by atoms with Crippen molar-refractivity contribution >= 4 is 40.5 Å². The molecule has 1 aromatic heterocycles. The number of halogens is 1. The second kappa shape index (κ2) is 7.78. The minimum absolute atomic E-state index is 0.444. The van der Waals surface area contributed by atoms with Crippen LogP contribution in [0.5, 0.6) is 0 Å². The van der Waals surface area contributed by atoms with E-state index in [0.29, 0.717) is 29.9 Å². The van der Waals surface area contributed by atoms with Gasteiger partial charge in [-0.05, 0) is 38.6 Å². The van der Waals surface area contributed by atoms with E-state index in [1.54, 1.807) is 6.07 Å². The van der Waals surface area contributed by atoms with E-state index in [2.05, 4.69) is 9.97 Å². The van der Waals surface area contributed by atoms with Crippen LogP contribution in [0.1, 0.15) is 25.4 Å². The van der Waals surface area contributed by atoms with Gasteiger partial charge in [0.15, 0.2) is 0 Å². The highest BCUT2D eigenvalue weighted by atomic mass is 35.5. The van der Waals surface area contributed by atoms with Crippen LogP contribution in [0.25, 0.3) is 0 Å². The highest BCUT2D eigenvalue weighted by molar-refractivity contribution is 8.67. The van der Waals surface area contributed by atoms with Crippen molar-refractivity contribution in [3.63, 3.8) is 0 Å². The lowest BCUT2D eigenvalue weighted by atomic mass is 10.4. The lowest BCUT2D eigenvalue weighted by molar-refractivity contribution is 0.280. The monoisotopic (exact) mass is 326 g/mol. The van der Waals surface area contributed by atoms with Crippen LogP contribution in [-0.2, 0) is 26.6 Å². The fraction of sp³-hybridized carbons (Fsp3) is 0.600. The van der Waals surface area contributed by atoms with E-state index in [0.717, 1.165) is 5.69 Å². The first-order valence-electron chi connectivity index (χ1n) is 5.52. The Hall–Kier alpha value is 0.290. The fourth-order valence-electron chi connectivity index (χ4n) is 1.22. The van der Waals surface area contributed by atoms with Crippen LogP contribution in [-0.4, -0.2) is 23.2 Å². The topological polar surface area (TPSA) is 44.2 Å². The van der Waals surface area contributed by atoms with Gasteiger partial charge in [0.1, 0.15) is 11.0 Å². The van der Waals surface area contributed by atoms with Crippen LogP contribution in [0.15, 0.2) is 6.07 Å². The Bertz CT molecular complexity index is 418. The van der Waals surface area contributed by atoms with Gasteiger partial charge in [0.25, 0.3) is 0 Å². The molecule has 0 saturated carbocycles. The van der Waals surface area contributed by atoms with Crippen molar-refractivity contribution in [3.05, 3.63) is 22.7 Å². The quantitative estimate of drug-likeness (QED) is 0.558. The van der Waals surface area contributed by atoms with Crippen molar-refractivity contribution in [2.75, 3.05) is 13.2 Å². The molecule has 0 spiro atoms. The summed E-state index contributed by atoms with van der Waals surface area (Å²) in [4.78, 5) is 8.45. The molecule has 0 unspecified atom stereocenters. The van der Waals surface area contributed by atoms with Gasteiger partial charge in [-0.25, -0.2) is 9.97 Å². The zero-order valence-corrected chi connectivity index (χ0v) is 13.8. The van der Waals surface area contributed by atoms with E-state index in [4.69, 9.17) is 32.5 Å². The van der Waals surface area contributed by atoms with Gasteiger partial charge in [0, 0.05) is 5.69 Å². The van der Waals surface area contributed by atoms with Gasteiger partial charge in [-0.2, -0.15) is 0 Å². The molecule has 1 rings (SSSR count). The highest BCUT2D eigenvalue weighted by Gasteiger charge is 2.19. The SMILES string of the molecule is CCOP(=S)(OCC)SCc1nc(C)cc(Cl)n1. The second-order valence-corrected chi connectivity index (χ2v) is 10.0. The smallest absolute Gasteiger partial charge is 0.247 e. The van der Waals surface area contributed by atoms with Crippen LogP contribution in [0.4, 0.5) is 0 Å². The number of hydrogen-bond acceptors (Lipinski definition) is 6. The van der Waals surface area contributed by atoms with Gasteiger partial charge in [-0.1, -0.05) is 23.0 Å². The Balaban J connectivity index is 2.69. The molecule has 18 heavy (non-hydrogen) atoms. The molecule has 102 valence electrons. The van der Waals surface area contributed by atoms with Gasteiger partial charge >= 0.3 is 0 Å². The van der Waals surface area contributed by atoms with Crippen LogP contribution in [0.2, 0.25) is 5.15 Å². The molecule has 0 aliphatic carbocycles. The predicted octanol–water partition coefficient (Wildman–Crippen LogP) is 3.97. The van der Waals surface area contributed by atoms with E-state index in [1.165, 1.54) is 11.4 Å². The maximum Gasteiger partial charge on any atom is 0.247 e. The third-order valence-corrected chi connectivity index (χ3v) is 7.39. The zero-order chi connectivity index (χ0) is 13.6. The molecule has 4 nitrogen and oxygen atoms in total. The Morgan fingerprint density at radius 2 is 1.94 bits per heavy atom. The molecule has 1 aromatic rings. The Morgan fingerprint density at radius 1 is 1.33 bits per heavy atom. The molecule has 0 amide bonds. The molecular formula is C10H16ClN2O2PS2. The number of nitrogens with zero attached hydrogens (tertiary/aromatic N) is 2. The summed E-state index contributed by atoms with van der Waals surface area (Å²) in [5.74, 6) is 1.19. The second-order valence-electron chi connectivity index (χ2n) is 3.30. The fourth-order valence-corrected chi connectivity index (χ4v) is 5.74. The lowest BCUT2D eigenvalue weighted by Gasteiger charge is -2.19. The summed E-state index contributed by atoms with van der Waals surface area (Å²) in [6, 6.07) is 1.72. The first-order chi connectivity index (χ1) is 8.49. The van der Waals surface area contributed by atoms with E-state index in [1.807, 2.05) is 20.8 Å². The van der Waals surface area contributed by atoms with Gasteiger partial charge < -0.3 is 9.05 Å². The average Bonchev–Trinajstić information content (AvgIpc) is 2.26. The predicted molar refractivity (Wildman–Crippen MR) is 80.6 cm³/mol. The molecular weight excluding hydrogens is 311 g/mol. The van der Waals surface area contributed by atoms with E-state index in [-0.39, 0.29) is 0 Å². The summed E-state index contributed by atoms with van der Waals surface area (Å²) in [7, 11) is 0. The summed E-state index contributed by atoms with van der Waals surface area (Å²) in [5.41, 5.74) is -1.45. The standard InChI is InChI=1S/C10H16ClN2O2PS2/c1-4-14-16(17,15-5-2)18-7-10-12-8(3)6-9(11)13-10/h6H,4-5,7H2,1-3H3. The van der Waals surface area contributed by atoms with E-state index < -0.39 is 5.69 Å². The lowest BCUT2D eigenvalue weighted by Crippen LogP contribution is -1.97. The molecule has 8 heteroatoms. The average molecular weight is 327 g/mol. The molecule has 0 radical (unpaired) electrons. The third kappa shape index (κ3) is 5.51. The van der Waals surface area contributed by atoms with Crippen molar-refractivity contribution in [2.45, 2.75) is 26.5 Å². The summed E-state index contributed by atoms with van der Waals surface area (Å²) in [6.07, 6.45) is 0. The molecule has 0 bridgehead atoms. The summed E-state index contributed by atoms with van der Waals surface area (Å²) >= 11 is 12.7. The van der Waals surface area contributed by atoms with Gasteiger partial charge in [0.05, 0.1) is 19.0 Å². The Morgan fingerprint density at radius 3 is 2.44 bits per heavy atom. The first-order valence-corrected chi connectivity index (χ1v) is 10.1. The van der Waals surface area contributed by atoms with Crippen molar-refractivity contribution in [3.8, 4) is 0 Å². The molecule has 0 aliphatic rings. The summed E-state index contributed by atoms with van der Waals surface area (Å²) in [5, 5.41) is 0.444. The zero-order valence-electron chi connectivity index (χ0n) is 10.6. The van der Waals surface area contributed by atoms with Crippen molar-refractivity contribution in [1.29, 1.82) is 0 Å². The molecule has 0 aliphatic heterocycles.